The van der Waals surface area contributed by atoms with E-state index in [1.807, 2.05) is 0 Å². The first-order valence-electron chi connectivity index (χ1n) is 5.01. The molecule has 0 aromatic heterocycles. The van der Waals surface area contributed by atoms with Crippen molar-refractivity contribution in [1.82, 2.24) is 5.32 Å². The average molecular weight is 181 g/mol. The smallest absolute Gasteiger partial charge is 0.323 e. The second-order valence-corrected chi connectivity index (χ2v) is 5.05. The Morgan fingerprint density at radius 3 is 2.54 bits per heavy atom. The van der Waals surface area contributed by atoms with Gasteiger partial charge in [0.2, 0.25) is 0 Å². The molecule has 0 aromatic carbocycles. The van der Waals surface area contributed by atoms with Crippen molar-refractivity contribution in [3.8, 4) is 0 Å². The van der Waals surface area contributed by atoms with E-state index in [0.29, 0.717) is 10.8 Å². The van der Waals surface area contributed by atoms with Gasteiger partial charge in [0.25, 0.3) is 0 Å². The highest BCUT2D eigenvalue weighted by molar-refractivity contribution is 5.78. The molecule has 72 valence electrons. The van der Waals surface area contributed by atoms with Crippen molar-refractivity contribution in [3.63, 3.8) is 0 Å². The summed E-state index contributed by atoms with van der Waals surface area (Å²) in [7, 11) is 1.47. The second-order valence-electron chi connectivity index (χ2n) is 5.05. The van der Waals surface area contributed by atoms with E-state index in [-0.39, 0.29) is 12.0 Å². The summed E-state index contributed by atoms with van der Waals surface area (Å²) in [4.78, 5) is 11.3. The number of carbonyl (C=O) groups excluding carboxylic acids is 1. The van der Waals surface area contributed by atoms with E-state index < -0.39 is 0 Å². The third-order valence-electron chi connectivity index (χ3n) is 4.12. The van der Waals surface area contributed by atoms with Gasteiger partial charge in [-0.1, -0.05) is 0 Å². The molecule has 13 heavy (non-hydrogen) atoms. The largest absolute Gasteiger partial charge is 0.468 e. The third kappa shape index (κ3) is 0.857. The summed E-state index contributed by atoms with van der Waals surface area (Å²) in [6.07, 6.45) is 5.30. The zero-order valence-corrected chi connectivity index (χ0v) is 7.93. The van der Waals surface area contributed by atoms with E-state index in [2.05, 4.69) is 5.32 Å². The molecule has 0 aromatic rings. The summed E-state index contributed by atoms with van der Waals surface area (Å²) in [6.45, 7) is 1.02. The van der Waals surface area contributed by atoms with Gasteiger partial charge in [-0.25, -0.2) is 0 Å². The zero-order chi connectivity index (χ0) is 9.10. The molecule has 3 heteroatoms. The molecule has 0 radical (unpaired) electrons. The first kappa shape index (κ1) is 7.80. The van der Waals surface area contributed by atoms with E-state index in [4.69, 9.17) is 4.74 Å². The molecule has 0 amide bonds. The molecule has 2 aliphatic carbocycles. The molecule has 2 saturated carbocycles. The summed E-state index contributed by atoms with van der Waals surface area (Å²) in [6, 6.07) is 0.00345. The maximum atomic E-state index is 11.3. The van der Waals surface area contributed by atoms with Crippen molar-refractivity contribution >= 4 is 5.97 Å². The standard InChI is InChI=1S/C10H15NO2/c1-13-8(12)7-10(6-11-7)4-9(5-10)2-3-9/h7,11H,2-6H2,1H3/t7-/m1/s1. The zero-order valence-electron chi connectivity index (χ0n) is 7.93. The lowest BCUT2D eigenvalue weighted by Gasteiger charge is -2.59. The Bertz CT molecular complexity index is 262. The number of rotatable bonds is 1. The van der Waals surface area contributed by atoms with E-state index in [1.165, 1.54) is 32.8 Å². The van der Waals surface area contributed by atoms with Crippen LogP contribution in [0.25, 0.3) is 0 Å². The van der Waals surface area contributed by atoms with Crippen molar-refractivity contribution in [2.24, 2.45) is 10.8 Å². The summed E-state index contributed by atoms with van der Waals surface area (Å²) < 4.78 is 4.77. The van der Waals surface area contributed by atoms with Crippen molar-refractivity contribution in [3.05, 3.63) is 0 Å². The van der Waals surface area contributed by atoms with Gasteiger partial charge in [0.15, 0.2) is 0 Å². The van der Waals surface area contributed by atoms with Gasteiger partial charge in [-0.15, -0.1) is 0 Å². The van der Waals surface area contributed by atoms with E-state index >= 15 is 0 Å². The Morgan fingerprint density at radius 1 is 1.46 bits per heavy atom. The number of hydrogen-bond acceptors (Lipinski definition) is 3. The Morgan fingerprint density at radius 2 is 2.15 bits per heavy atom. The van der Waals surface area contributed by atoms with Crippen LogP contribution in [-0.4, -0.2) is 25.7 Å². The quantitative estimate of drug-likeness (QED) is 0.605. The number of carbonyl (C=O) groups is 1. The normalized spacial score (nSPS) is 36.5. The van der Waals surface area contributed by atoms with Crippen molar-refractivity contribution < 1.29 is 9.53 Å². The van der Waals surface area contributed by atoms with Gasteiger partial charge in [-0.3, -0.25) is 4.79 Å². The van der Waals surface area contributed by atoms with Crippen molar-refractivity contribution in [2.45, 2.75) is 31.7 Å². The summed E-state index contributed by atoms with van der Waals surface area (Å²) in [5.41, 5.74) is 0.970. The lowest BCUT2D eigenvalue weighted by molar-refractivity contribution is -0.161. The van der Waals surface area contributed by atoms with Gasteiger partial charge in [0, 0.05) is 12.0 Å². The number of hydrogen-bond donors (Lipinski definition) is 1. The SMILES string of the molecule is COC(=O)[C@H]1NCC12CC1(CC1)C2. The number of methoxy groups -OCH3 is 1. The van der Waals surface area contributed by atoms with Crippen LogP contribution in [0, 0.1) is 10.8 Å². The molecule has 2 spiro atoms. The first-order valence-corrected chi connectivity index (χ1v) is 5.01. The summed E-state index contributed by atoms with van der Waals surface area (Å²) in [5.74, 6) is -0.0678. The van der Waals surface area contributed by atoms with Crippen LogP contribution in [0.3, 0.4) is 0 Å². The van der Waals surface area contributed by atoms with Crippen LogP contribution >= 0.6 is 0 Å². The van der Waals surface area contributed by atoms with Crippen LogP contribution in [0.2, 0.25) is 0 Å². The Hall–Kier alpha value is -0.570. The van der Waals surface area contributed by atoms with Crippen LogP contribution in [-0.2, 0) is 9.53 Å². The minimum absolute atomic E-state index is 0.00345. The summed E-state index contributed by atoms with van der Waals surface area (Å²) >= 11 is 0. The third-order valence-corrected chi connectivity index (χ3v) is 4.12. The lowest BCUT2D eigenvalue weighted by atomic mass is 9.52. The Labute approximate surface area is 77.8 Å². The van der Waals surface area contributed by atoms with Crippen LogP contribution in [0.1, 0.15) is 25.7 Å². The number of ether oxygens (including phenoxy) is 1. The number of esters is 1. The van der Waals surface area contributed by atoms with E-state index in [0.717, 1.165) is 6.54 Å². The van der Waals surface area contributed by atoms with Crippen LogP contribution in [0.4, 0.5) is 0 Å². The molecular weight excluding hydrogens is 166 g/mol. The minimum Gasteiger partial charge on any atom is -0.468 e. The summed E-state index contributed by atoms with van der Waals surface area (Å²) in [5, 5.41) is 3.18. The van der Waals surface area contributed by atoms with E-state index in [1.54, 1.807) is 0 Å². The fraction of sp³-hybridized carbons (Fsp3) is 0.900. The molecule has 3 nitrogen and oxygen atoms in total. The van der Waals surface area contributed by atoms with Gasteiger partial charge >= 0.3 is 5.97 Å². The molecule has 1 saturated heterocycles. The molecule has 0 unspecified atom stereocenters. The molecule has 1 N–H and O–H groups in total. The fourth-order valence-electron chi connectivity index (χ4n) is 3.25. The van der Waals surface area contributed by atoms with Crippen molar-refractivity contribution in [2.75, 3.05) is 13.7 Å². The maximum Gasteiger partial charge on any atom is 0.323 e. The second kappa shape index (κ2) is 2.08. The van der Waals surface area contributed by atoms with Gasteiger partial charge in [0.1, 0.15) is 6.04 Å². The topological polar surface area (TPSA) is 38.3 Å². The molecule has 3 rings (SSSR count). The Kier molecular flexibility index (Phi) is 1.25. The molecule has 1 heterocycles. The molecule has 3 fully saturated rings. The molecule has 1 aliphatic heterocycles. The van der Waals surface area contributed by atoms with Gasteiger partial charge in [-0.2, -0.15) is 0 Å². The van der Waals surface area contributed by atoms with Gasteiger partial charge in [0.05, 0.1) is 7.11 Å². The van der Waals surface area contributed by atoms with Crippen LogP contribution < -0.4 is 5.32 Å². The minimum atomic E-state index is -0.0678. The molecule has 1 atom stereocenters. The Balaban J connectivity index is 1.69. The molecule has 3 aliphatic rings. The fourth-order valence-corrected chi connectivity index (χ4v) is 3.25. The molecule has 0 bridgehead atoms. The van der Waals surface area contributed by atoms with Gasteiger partial charge in [-0.05, 0) is 31.1 Å². The highest BCUT2D eigenvalue weighted by Crippen LogP contribution is 2.71. The predicted molar refractivity (Wildman–Crippen MR) is 47.1 cm³/mol. The van der Waals surface area contributed by atoms with E-state index in [9.17, 15) is 4.79 Å². The predicted octanol–water partition coefficient (Wildman–Crippen LogP) is 0.692. The first-order chi connectivity index (χ1) is 6.20. The van der Waals surface area contributed by atoms with Crippen LogP contribution in [0.15, 0.2) is 0 Å². The number of nitrogens with one attached hydrogen (secondary N) is 1. The monoisotopic (exact) mass is 181 g/mol. The lowest BCUT2D eigenvalue weighted by Crippen LogP contribution is -2.71. The van der Waals surface area contributed by atoms with Gasteiger partial charge < -0.3 is 10.1 Å². The average Bonchev–Trinajstić information content (AvgIpc) is 2.78. The van der Waals surface area contributed by atoms with Crippen LogP contribution in [0.5, 0.6) is 0 Å². The highest BCUT2D eigenvalue weighted by Gasteiger charge is 2.68. The highest BCUT2D eigenvalue weighted by atomic mass is 16.5. The van der Waals surface area contributed by atoms with Crippen molar-refractivity contribution in [1.29, 1.82) is 0 Å². The molecular formula is C10H15NO2. The maximum absolute atomic E-state index is 11.3.